The Morgan fingerprint density at radius 1 is 1.20 bits per heavy atom. The van der Waals surface area contributed by atoms with E-state index < -0.39 is 17.0 Å². The molecule has 1 aromatic carbocycles. The molecule has 1 aliphatic rings. The minimum absolute atomic E-state index is 0.0344. The van der Waals surface area contributed by atoms with Crippen molar-refractivity contribution in [2.45, 2.75) is 13.0 Å². The lowest BCUT2D eigenvalue weighted by molar-refractivity contribution is 0.464. The van der Waals surface area contributed by atoms with Crippen molar-refractivity contribution in [2.24, 2.45) is 0 Å². The maximum Gasteiger partial charge on any atom is 0.223 e. The minimum Gasteiger partial charge on any atom is -0.503 e. The van der Waals surface area contributed by atoms with Crippen LogP contribution in [0.1, 0.15) is 11.1 Å². The molecule has 0 amide bonds. The largest absolute Gasteiger partial charge is 0.503 e. The summed E-state index contributed by atoms with van der Waals surface area (Å²) in [5, 5.41) is 12.9. The van der Waals surface area contributed by atoms with Crippen molar-refractivity contribution in [3.05, 3.63) is 76.1 Å². The number of rotatable bonds is 2. The van der Waals surface area contributed by atoms with Gasteiger partial charge < -0.3 is 15.0 Å². The highest BCUT2D eigenvalue weighted by Gasteiger charge is 2.15. The van der Waals surface area contributed by atoms with Gasteiger partial charge in [-0.15, -0.1) is 0 Å². The van der Waals surface area contributed by atoms with Gasteiger partial charge in [0.05, 0.1) is 6.20 Å². The van der Waals surface area contributed by atoms with E-state index in [9.17, 15) is 9.90 Å². The third-order valence-electron chi connectivity index (χ3n) is 4.42. The van der Waals surface area contributed by atoms with Crippen molar-refractivity contribution in [1.82, 2.24) is 14.9 Å². The lowest BCUT2D eigenvalue weighted by atomic mass is 9.95. The summed E-state index contributed by atoms with van der Waals surface area (Å²) < 4.78 is 16.4. The average Bonchev–Trinajstić information content (AvgIpc) is 2.64. The van der Waals surface area contributed by atoms with Crippen LogP contribution in [0.25, 0.3) is 16.9 Å². The Morgan fingerprint density at radius 2 is 2.08 bits per heavy atom. The number of aromatic hydroxyl groups is 1. The Labute approximate surface area is 143 Å². The van der Waals surface area contributed by atoms with Gasteiger partial charge in [0.1, 0.15) is 0 Å². The summed E-state index contributed by atoms with van der Waals surface area (Å²) in [5.74, 6) is -0.915. The normalized spacial score (nSPS) is 13.5. The molecule has 0 aliphatic carbocycles. The smallest absolute Gasteiger partial charge is 0.223 e. The fourth-order valence-electron chi connectivity index (χ4n) is 3.08. The topological polar surface area (TPSA) is 67.2 Å². The zero-order chi connectivity index (χ0) is 17.4. The molecule has 3 aromatic rings. The van der Waals surface area contributed by atoms with Crippen molar-refractivity contribution in [2.75, 3.05) is 6.54 Å². The quantitative estimate of drug-likeness (QED) is 0.753. The van der Waals surface area contributed by atoms with E-state index in [-0.39, 0.29) is 5.82 Å². The summed E-state index contributed by atoms with van der Waals surface area (Å²) >= 11 is 0. The van der Waals surface area contributed by atoms with Gasteiger partial charge in [-0.3, -0.25) is 4.79 Å². The molecule has 126 valence electrons. The van der Waals surface area contributed by atoms with Crippen LogP contribution in [0, 0.1) is 5.82 Å². The third-order valence-corrected chi connectivity index (χ3v) is 4.42. The molecule has 4 rings (SSSR count). The number of fused-ring (bicyclic) bond motifs is 1. The number of benzene rings is 1. The number of aromatic nitrogens is 2. The van der Waals surface area contributed by atoms with Crippen LogP contribution in [0.2, 0.25) is 0 Å². The highest BCUT2D eigenvalue weighted by molar-refractivity contribution is 5.67. The molecule has 0 saturated heterocycles. The molecule has 0 bridgehead atoms. The highest BCUT2D eigenvalue weighted by atomic mass is 19.1. The van der Waals surface area contributed by atoms with Gasteiger partial charge in [0.2, 0.25) is 5.43 Å². The van der Waals surface area contributed by atoms with Crippen LogP contribution < -0.4 is 10.7 Å². The van der Waals surface area contributed by atoms with Gasteiger partial charge in [0.15, 0.2) is 17.4 Å². The predicted molar refractivity (Wildman–Crippen MR) is 92.3 cm³/mol. The SMILES string of the molecule is O=c1ccn(-c2nccc(-c3ccc4c(c3)CCNC4)c2F)cc1O. The Kier molecular flexibility index (Phi) is 3.82. The Morgan fingerprint density at radius 3 is 2.92 bits per heavy atom. The van der Waals surface area contributed by atoms with Crippen molar-refractivity contribution < 1.29 is 9.50 Å². The van der Waals surface area contributed by atoms with Crippen molar-refractivity contribution in [3.8, 4) is 22.7 Å². The summed E-state index contributed by atoms with van der Waals surface area (Å²) in [6, 6.07) is 8.73. The number of nitrogens with one attached hydrogen (secondary N) is 1. The van der Waals surface area contributed by atoms with Crippen LogP contribution in [0.5, 0.6) is 5.75 Å². The number of halogens is 1. The maximum absolute atomic E-state index is 15.1. The maximum atomic E-state index is 15.1. The zero-order valence-electron chi connectivity index (χ0n) is 13.4. The molecule has 0 saturated carbocycles. The van der Waals surface area contributed by atoms with Crippen molar-refractivity contribution in [1.29, 1.82) is 0 Å². The molecule has 2 aromatic heterocycles. The third kappa shape index (κ3) is 2.81. The molecule has 1 aliphatic heterocycles. The first kappa shape index (κ1) is 15.5. The second-order valence-electron chi connectivity index (χ2n) is 6.01. The molecule has 0 spiro atoms. The van der Waals surface area contributed by atoms with Crippen LogP contribution in [0.15, 0.2) is 53.7 Å². The van der Waals surface area contributed by atoms with E-state index in [4.69, 9.17) is 0 Å². The molecule has 25 heavy (non-hydrogen) atoms. The first-order chi connectivity index (χ1) is 12.1. The lowest BCUT2D eigenvalue weighted by Crippen LogP contribution is -2.23. The number of pyridine rings is 2. The number of hydrogen-bond donors (Lipinski definition) is 2. The first-order valence-corrected chi connectivity index (χ1v) is 8.02. The van der Waals surface area contributed by atoms with Gasteiger partial charge >= 0.3 is 0 Å². The number of hydrogen-bond acceptors (Lipinski definition) is 4. The fraction of sp³-hybridized carbons (Fsp3) is 0.158. The predicted octanol–water partition coefficient (Wildman–Crippen LogP) is 2.39. The van der Waals surface area contributed by atoms with E-state index in [0.29, 0.717) is 5.56 Å². The zero-order valence-corrected chi connectivity index (χ0v) is 13.4. The van der Waals surface area contributed by atoms with Crippen LogP contribution in [-0.4, -0.2) is 21.2 Å². The molecule has 5 nitrogen and oxygen atoms in total. The van der Waals surface area contributed by atoms with E-state index in [1.54, 1.807) is 6.07 Å². The van der Waals surface area contributed by atoms with Gasteiger partial charge in [0, 0.05) is 30.6 Å². The van der Waals surface area contributed by atoms with Crippen LogP contribution in [-0.2, 0) is 13.0 Å². The van der Waals surface area contributed by atoms with Gasteiger partial charge in [-0.1, -0.05) is 18.2 Å². The Balaban J connectivity index is 1.81. The van der Waals surface area contributed by atoms with Crippen LogP contribution in [0.3, 0.4) is 0 Å². The monoisotopic (exact) mass is 337 g/mol. The molecule has 0 radical (unpaired) electrons. The van der Waals surface area contributed by atoms with Crippen molar-refractivity contribution in [3.63, 3.8) is 0 Å². The summed E-state index contributed by atoms with van der Waals surface area (Å²) in [7, 11) is 0. The second kappa shape index (κ2) is 6.14. The fourth-order valence-corrected chi connectivity index (χ4v) is 3.08. The van der Waals surface area contributed by atoms with Gasteiger partial charge in [-0.25, -0.2) is 9.37 Å². The van der Waals surface area contributed by atoms with Crippen LogP contribution in [0.4, 0.5) is 4.39 Å². The minimum atomic E-state index is -0.517. The van der Waals surface area contributed by atoms with Crippen molar-refractivity contribution >= 4 is 0 Å². The molecule has 2 N–H and O–H groups in total. The molecule has 6 heteroatoms. The second-order valence-corrected chi connectivity index (χ2v) is 6.01. The van der Waals surface area contributed by atoms with Gasteiger partial charge in [-0.2, -0.15) is 0 Å². The molecule has 0 unspecified atom stereocenters. The first-order valence-electron chi connectivity index (χ1n) is 8.02. The van der Waals surface area contributed by atoms with E-state index in [1.807, 2.05) is 18.2 Å². The van der Waals surface area contributed by atoms with E-state index in [2.05, 4.69) is 10.3 Å². The Hall–Kier alpha value is -2.99. The standard InChI is InChI=1S/C19H16FN3O2/c20-18-15(13-1-2-14-10-21-6-3-12(14)9-13)4-7-22-19(18)23-8-5-16(24)17(25)11-23/h1-2,4-5,7-9,11,21,25H,3,6,10H2. The van der Waals surface area contributed by atoms with Gasteiger partial charge in [-0.05, 0) is 35.7 Å². The summed E-state index contributed by atoms with van der Waals surface area (Å²) in [6.45, 7) is 1.74. The molecule has 3 heterocycles. The van der Waals surface area contributed by atoms with E-state index in [1.165, 1.54) is 34.2 Å². The molecular weight excluding hydrogens is 321 g/mol. The van der Waals surface area contributed by atoms with Gasteiger partial charge in [0.25, 0.3) is 0 Å². The van der Waals surface area contributed by atoms with E-state index >= 15 is 4.39 Å². The van der Waals surface area contributed by atoms with E-state index in [0.717, 1.165) is 31.3 Å². The van der Waals surface area contributed by atoms with Crippen LogP contribution >= 0.6 is 0 Å². The highest BCUT2D eigenvalue weighted by Crippen LogP contribution is 2.28. The summed E-state index contributed by atoms with van der Waals surface area (Å²) in [4.78, 5) is 15.4. The summed E-state index contributed by atoms with van der Waals surface area (Å²) in [5.41, 5.74) is 3.15. The number of nitrogens with zero attached hydrogens (tertiary/aromatic N) is 2. The molecule has 0 fully saturated rings. The summed E-state index contributed by atoms with van der Waals surface area (Å²) in [6.07, 6.45) is 4.98. The average molecular weight is 337 g/mol. The molecule has 0 atom stereocenters. The molecular formula is C19H16FN3O2. The lowest BCUT2D eigenvalue weighted by Gasteiger charge is -2.18. The Bertz CT molecular complexity index is 1010.